The summed E-state index contributed by atoms with van der Waals surface area (Å²) in [5, 5.41) is 3.98. The maximum Gasteiger partial charge on any atom is 0.271 e. The fourth-order valence-electron chi connectivity index (χ4n) is 3.36. The number of ether oxygens (including phenoxy) is 2. The molecule has 0 aliphatic carbocycles. The Balaban J connectivity index is 1.36. The van der Waals surface area contributed by atoms with E-state index in [1.807, 2.05) is 54.6 Å². The third-order valence-electron chi connectivity index (χ3n) is 5.27. The number of anilines is 1. The first-order valence-electron chi connectivity index (χ1n) is 11.3. The normalized spacial score (nSPS) is 11.2. The predicted octanol–water partition coefficient (Wildman–Crippen LogP) is 4.84. The Morgan fingerprint density at radius 2 is 1.62 bits per heavy atom. The lowest BCUT2D eigenvalue weighted by Crippen LogP contribution is -2.19. The first-order chi connectivity index (χ1) is 17.9. The van der Waals surface area contributed by atoms with E-state index in [4.69, 9.17) is 9.47 Å². The van der Waals surface area contributed by atoms with Gasteiger partial charge in [0, 0.05) is 5.56 Å². The molecule has 0 atom stereocenters. The maximum absolute atomic E-state index is 12.9. The average molecular weight is 516 g/mol. The zero-order valence-corrected chi connectivity index (χ0v) is 20.8. The molecule has 0 bridgehead atoms. The molecule has 0 spiro atoms. The molecule has 0 fully saturated rings. The number of methoxy groups -OCH3 is 1. The molecule has 8 nitrogen and oxygen atoms in total. The summed E-state index contributed by atoms with van der Waals surface area (Å²) in [6, 6.07) is 29.4. The van der Waals surface area contributed by atoms with Crippen LogP contribution in [0.25, 0.3) is 0 Å². The second kappa shape index (κ2) is 11.9. The minimum atomic E-state index is -3.95. The van der Waals surface area contributed by atoms with Crippen LogP contribution < -0.4 is 19.6 Å². The van der Waals surface area contributed by atoms with E-state index >= 15 is 0 Å². The topological polar surface area (TPSA) is 106 Å². The number of sulfonamides is 1. The number of nitrogens with zero attached hydrogens (tertiary/aromatic N) is 1. The number of para-hydroxylation sites is 2. The molecule has 0 saturated carbocycles. The number of carbonyl (C=O) groups excluding carboxylic acids is 1. The summed E-state index contributed by atoms with van der Waals surface area (Å²) in [6.07, 6.45) is 1.49. The van der Waals surface area contributed by atoms with Gasteiger partial charge in [0.1, 0.15) is 18.1 Å². The van der Waals surface area contributed by atoms with Gasteiger partial charge in [0.05, 0.1) is 23.9 Å². The van der Waals surface area contributed by atoms with Crippen molar-refractivity contribution in [2.24, 2.45) is 5.10 Å². The van der Waals surface area contributed by atoms with Crippen molar-refractivity contribution >= 4 is 27.8 Å². The van der Waals surface area contributed by atoms with Crippen LogP contribution in [0.2, 0.25) is 0 Å². The van der Waals surface area contributed by atoms with Gasteiger partial charge in [-0.2, -0.15) is 5.10 Å². The van der Waals surface area contributed by atoms with Gasteiger partial charge in [-0.05, 0) is 65.7 Å². The van der Waals surface area contributed by atoms with Gasteiger partial charge in [-0.15, -0.1) is 0 Å². The van der Waals surface area contributed by atoms with Crippen molar-refractivity contribution in [2.45, 2.75) is 11.5 Å². The van der Waals surface area contributed by atoms with Crippen LogP contribution in [-0.4, -0.2) is 27.6 Å². The monoisotopic (exact) mass is 515 g/mol. The highest BCUT2D eigenvalue weighted by atomic mass is 32.2. The van der Waals surface area contributed by atoms with Crippen LogP contribution in [0, 0.1) is 0 Å². The number of carbonyl (C=O) groups is 1. The summed E-state index contributed by atoms with van der Waals surface area (Å²) in [7, 11) is -2.50. The highest BCUT2D eigenvalue weighted by Crippen LogP contribution is 2.26. The van der Waals surface area contributed by atoms with Crippen LogP contribution in [0.15, 0.2) is 113 Å². The van der Waals surface area contributed by atoms with E-state index < -0.39 is 15.9 Å². The molecule has 0 unspecified atom stereocenters. The fourth-order valence-corrected chi connectivity index (χ4v) is 4.47. The van der Waals surface area contributed by atoms with Gasteiger partial charge in [0.25, 0.3) is 15.9 Å². The minimum Gasteiger partial charge on any atom is -0.495 e. The number of benzene rings is 4. The van der Waals surface area contributed by atoms with Gasteiger partial charge in [-0.3, -0.25) is 9.52 Å². The number of hydrazone groups is 1. The van der Waals surface area contributed by atoms with Crippen LogP contribution in [0.5, 0.6) is 11.5 Å². The molecular formula is C28H25N3O5S. The van der Waals surface area contributed by atoms with Gasteiger partial charge in [-0.1, -0.05) is 48.5 Å². The standard InChI is InChI=1S/C28H25N3O5S/c1-35-27-13-6-5-12-26(27)31-37(33,34)25-11-7-10-23(18-25)28(32)30-29-19-21-14-16-24(17-15-21)36-20-22-8-3-2-4-9-22/h2-19,31H,20H2,1H3,(H,30,32). The molecule has 0 heterocycles. The van der Waals surface area contributed by atoms with Crippen molar-refractivity contribution in [3.63, 3.8) is 0 Å². The van der Waals surface area contributed by atoms with E-state index in [-0.39, 0.29) is 10.5 Å². The number of rotatable bonds is 10. The summed E-state index contributed by atoms with van der Waals surface area (Å²) in [4.78, 5) is 12.5. The zero-order chi connectivity index (χ0) is 26.1. The summed E-state index contributed by atoms with van der Waals surface area (Å²) in [6.45, 7) is 0.466. The third kappa shape index (κ3) is 6.96. The minimum absolute atomic E-state index is 0.0684. The van der Waals surface area contributed by atoms with Crippen LogP contribution in [0.3, 0.4) is 0 Å². The molecule has 0 aromatic heterocycles. The van der Waals surface area contributed by atoms with Crippen LogP contribution >= 0.6 is 0 Å². The smallest absolute Gasteiger partial charge is 0.271 e. The second-order valence-electron chi connectivity index (χ2n) is 7.88. The Kier molecular flexibility index (Phi) is 8.17. The fraction of sp³-hybridized carbons (Fsp3) is 0.0714. The van der Waals surface area contributed by atoms with E-state index in [0.717, 1.165) is 11.1 Å². The molecule has 9 heteroatoms. The largest absolute Gasteiger partial charge is 0.495 e. The molecular weight excluding hydrogens is 490 g/mol. The number of nitrogens with one attached hydrogen (secondary N) is 2. The van der Waals surface area contributed by atoms with Gasteiger partial charge < -0.3 is 9.47 Å². The van der Waals surface area contributed by atoms with Crippen LogP contribution in [0.1, 0.15) is 21.5 Å². The molecule has 0 saturated heterocycles. The van der Waals surface area contributed by atoms with E-state index in [2.05, 4.69) is 15.2 Å². The summed E-state index contributed by atoms with van der Waals surface area (Å²) >= 11 is 0. The average Bonchev–Trinajstić information content (AvgIpc) is 2.93. The second-order valence-corrected chi connectivity index (χ2v) is 9.56. The van der Waals surface area contributed by atoms with Crippen LogP contribution in [-0.2, 0) is 16.6 Å². The lowest BCUT2D eigenvalue weighted by atomic mass is 10.2. The van der Waals surface area contributed by atoms with Crippen molar-refractivity contribution < 1.29 is 22.7 Å². The molecule has 4 aromatic carbocycles. The molecule has 0 aliphatic rings. The van der Waals surface area contributed by atoms with Gasteiger partial charge in [0.2, 0.25) is 0 Å². The SMILES string of the molecule is COc1ccccc1NS(=O)(=O)c1cccc(C(=O)NN=Cc2ccc(OCc3ccccc3)cc2)c1. The molecule has 4 aromatic rings. The Morgan fingerprint density at radius 3 is 2.38 bits per heavy atom. The van der Waals surface area contributed by atoms with E-state index in [1.54, 1.807) is 24.3 Å². The lowest BCUT2D eigenvalue weighted by molar-refractivity contribution is 0.0955. The number of hydrogen-bond acceptors (Lipinski definition) is 6. The van der Waals surface area contributed by atoms with Crippen molar-refractivity contribution in [1.82, 2.24) is 5.43 Å². The van der Waals surface area contributed by atoms with Gasteiger partial charge in [-0.25, -0.2) is 13.8 Å². The third-order valence-corrected chi connectivity index (χ3v) is 6.63. The summed E-state index contributed by atoms with van der Waals surface area (Å²) in [5.41, 5.74) is 4.68. The lowest BCUT2D eigenvalue weighted by Gasteiger charge is -2.12. The van der Waals surface area contributed by atoms with Gasteiger partial charge in [0.15, 0.2) is 0 Å². The van der Waals surface area contributed by atoms with Crippen molar-refractivity contribution in [3.05, 3.63) is 120 Å². The van der Waals surface area contributed by atoms with E-state index in [0.29, 0.717) is 23.8 Å². The molecule has 0 radical (unpaired) electrons. The molecule has 37 heavy (non-hydrogen) atoms. The molecule has 2 N–H and O–H groups in total. The quantitative estimate of drug-likeness (QED) is 0.232. The zero-order valence-electron chi connectivity index (χ0n) is 20.0. The van der Waals surface area contributed by atoms with Crippen molar-refractivity contribution in [1.29, 1.82) is 0 Å². The van der Waals surface area contributed by atoms with E-state index in [9.17, 15) is 13.2 Å². The highest BCUT2D eigenvalue weighted by Gasteiger charge is 2.18. The Labute approximate surface area is 215 Å². The number of hydrogen-bond donors (Lipinski definition) is 2. The summed E-state index contributed by atoms with van der Waals surface area (Å²) in [5.74, 6) is 0.545. The summed E-state index contributed by atoms with van der Waals surface area (Å²) < 4.78 is 39.2. The first kappa shape index (κ1) is 25.5. The van der Waals surface area contributed by atoms with E-state index in [1.165, 1.54) is 37.6 Å². The molecule has 4 rings (SSSR count). The highest BCUT2D eigenvalue weighted by molar-refractivity contribution is 7.92. The first-order valence-corrected chi connectivity index (χ1v) is 12.8. The molecule has 1 amide bonds. The van der Waals surface area contributed by atoms with Crippen molar-refractivity contribution in [3.8, 4) is 11.5 Å². The Morgan fingerprint density at radius 1 is 0.892 bits per heavy atom. The Bertz CT molecular complexity index is 1490. The van der Waals surface area contributed by atoms with Gasteiger partial charge >= 0.3 is 0 Å². The Hall–Kier alpha value is -4.63. The molecule has 0 aliphatic heterocycles. The molecule has 188 valence electrons. The maximum atomic E-state index is 12.9. The predicted molar refractivity (Wildman–Crippen MR) is 143 cm³/mol. The number of amides is 1. The van der Waals surface area contributed by atoms with Crippen molar-refractivity contribution in [2.75, 3.05) is 11.8 Å². The van der Waals surface area contributed by atoms with Crippen LogP contribution in [0.4, 0.5) is 5.69 Å².